The molecule has 33 heteroatoms. The fourth-order valence-electron chi connectivity index (χ4n) is 16.2. The number of nitrogens with zero attached hydrogens (tertiary/aromatic N) is 4. The van der Waals surface area contributed by atoms with Gasteiger partial charge in [-0.2, -0.15) is 0 Å². The number of carbonyl (C=O) groups is 10. The molecule has 6 amide bonds. The third-order valence-corrected chi connectivity index (χ3v) is 22.1. The Kier molecular flexibility index (Phi) is 29.5. The van der Waals surface area contributed by atoms with Crippen LogP contribution in [-0.4, -0.2) is 239 Å². The zero-order valence-electron chi connectivity index (χ0n) is 69.1. The molecule has 2 aliphatic carbocycles. The molecule has 0 bridgehead atoms. The molecule has 3 fully saturated rings. The third-order valence-electron chi connectivity index (χ3n) is 22.1. The van der Waals surface area contributed by atoms with Gasteiger partial charge in [-0.05, 0) is 114 Å². The number of benzene rings is 6. The second kappa shape index (κ2) is 41.0. The minimum Gasteiger partial charge on any atom is -0.493 e. The van der Waals surface area contributed by atoms with Crippen molar-refractivity contribution in [2.24, 2.45) is 5.41 Å². The van der Waals surface area contributed by atoms with Gasteiger partial charge in [0.15, 0.2) is 41.3 Å². The van der Waals surface area contributed by atoms with Gasteiger partial charge in [0.05, 0.1) is 141 Å². The Morgan fingerprint density at radius 3 is 1.71 bits per heavy atom. The Bertz CT molecular complexity index is 4780. The number of hydrogen-bond donors (Lipinski definition) is 2. The van der Waals surface area contributed by atoms with E-state index in [1.165, 1.54) is 48.3 Å². The minimum atomic E-state index is -1.83. The Balaban J connectivity index is 0.628. The summed E-state index contributed by atoms with van der Waals surface area (Å²) in [6.07, 6.45) is -4.81. The molecule has 0 aromatic heterocycles. The molecule has 6 aromatic rings. The second-order valence-corrected chi connectivity index (χ2v) is 30.4. The van der Waals surface area contributed by atoms with Crippen molar-refractivity contribution < 1.29 is 128 Å². The van der Waals surface area contributed by atoms with Gasteiger partial charge in [0.1, 0.15) is 25.6 Å². The fourth-order valence-corrected chi connectivity index (χ4v) is 16.2. The maximum absolute atomic E-state index is 15.0. The number of ether oxygens (including phenoxy) is 17. The van der Waals surface area contributed by atoms with Gasteiger partial charge in [-0.3, -0.25) is 38.6 Å². The minimum absolute atomic E-state index is 0.0324. The number of unbranched alkanes of at least 4 members (excludes halogenated alkanes) is 2. The molecule has 1 spiro atoms. The van der Waals surface area contributed by atoms with E-state index in [2.05, 4.69) is 41.5 Å². The van der Waals surface area contributed by atoms with Gasteiger partial charge in [0.2, 0.25) is 18.3 Å². The topological polar surface area (TPSA) is 365 Å². The first-order chi connectivity index (χ1) is 59.1. The maximum Gasteiger partial charge on any atom is 0.414 e. The number of nitrogens with one attached hydrogen (secondary N) is 2. The van der Waals surface area contributed by atoms with Crippen LogP contribution >= 0.6 is 0 Å². The van der Waals surface area contributed by atoms with Gasteiger partial charge in [-0.15, -0.1) is 0 Å². The fraction of sp³-hybridized carbons (Fsp3) is 0.461. The van der Waals surface area contributed by atoms with E-state index in [1.807, 2.05) is 53.4 Å². The molecule has 33 nitrogen and oxygen atoms in total. The second-order valence-electron chi connectivity index (χ2n) is 30.4. The van der Waals surface area contributed by atoms with Crippen molar-refractivity contribution >= 4 is 76.9 Å². The van der Waals surface area contributed by atoms with E-state index in [-0.39, 0.29) is 180 Å². The Hall–Kier alpha value is -12.0. The first kappa shape index (κ1) is 87.8. The number of amides is 6. The van der Waals surface area contributed by atoms with E-state index < -0.39 is 85.4 Å². The summed E-state index contributed by atoms with van der Waals surface area (Å²) in [5.74, 6) is -4.07. The average Bonchev–Trinajstić information content (AvgIpc) is 1.58. The van der Waals surface area contributed by atoms with Crippen LogP contribution in [0.25, 0.3) is 11.1 Å². The molecule has 1 saturated carbocycles. The zero-order valence-corrected chi connectivity index (χ0v) is 69.1. The highest BCUT2D eigenvalue weighted by Gasteiger charge is 2.57. The summed E-state index contributed by atoms with van der Waals surface area (Å²) in [5, 5.41) is 5.53. The molecule has 13 rings (SSSR count). The number of carbonyl (C=O) groups excluding carboxylic acids is 10. The van der Waals surface area contributed by atoms with Crippen molar-refractivity contribution in [3.63, 3.8) is 0 Å². The van der Waals surface area contributed by atoms with Gasteiger partial charge in [-0.25, -0.2) is 19.2 Å². The highest BCUT2D eigenvalue weighted by atomic mass is 16.7. The van der Waals surface area contributed by atoms with Crippen LogP contribution in [0.4, 0.5) is 31.4 Å². The molecule has 2 N–H and O–H groups in total. The predicted molar refractivity (Wildman–Crippen MR) is 436 cm³/mol. The lowest BCUT2D eigenvalue weighted by Crippen LogP contribution is -2.64. The maximum atomic E-state index is 15.0. The normalized spacial score (nSPS) is 19.4. The monoisotopic (exact) mass is 1690 g/mol. The molecule has 5 heterocycles. The lowest BCUT2D eigenvalue weighted by Gasteiger charge is -2.43. The summed E-state index contributed by atoms with van der Waals surface area (Å²) < 4.78 is 98.5. The highest BCUT2D eigenvalue weighted by molar-refractivity contribution is 6.07. The summed E-state index contributed by atoms with van der Waals surface area (Å²) in [7, 11) is 3.97. The summed E-state index contributed by atoms with van der Waals surface area (Å²) in [5.41, 5.74) is 7.83. The molecule has 7 atom stereocenters. The van der Waals surface area contributed by atoms with Crippen molar-refractivity contribution in [3.8, 4) is 39.9 Å². The van der Waals surface area contributed by atoms with E-state index >= 15 is 0 Å². The first-order valence-corrected chi connectivity index (χ1v) is 40.8. The number of fused-ring (bicyclic) bond motifs is 8. The number of esters is 4. The van der Waals surface area contributed by atoms with Gasteiger partial charge >= 0.3 is 42.2 Å². The molecule has 5 aliphatic heterocycles. The molecule has 650 valence electrons. The van der Waals surface area contributed by atoms with E-state index in [0.717, 1.165) is 74.1 Å². The Morgan fingerprint density at radius 2 is 1.11 bits per heavy atom. The van der Waals surface area contributed by atoms with Crippen molar-refractivity contribution in [1.82, 2.24) is 15.1 Å². The van der Waals surface area contributed by atoms with Crippen molar-refractivity contribution in [2.45, 2.75) is 134 Å². The molecule has 6 aromatic carbocycles. The smallest absolute Gasteiger partial charge is 0.414 e. The molecular weight excluding hydrogens is 1580 g/mol. The molecule has 0 unspecified atom stereocenters. The number of rotatable bonds is 38. The first-order valence-electron chi connectivity index (χ1n) is 40.8. The predicted octanol–water partition coefficient (Wildman–Crippen LogP) is 10.2. The van der Waals surface area contributed by atoms with Crippen LogP contribution in [0.5, 0.6) is 28.7 Å². The number of alkyl carbamates (subject to hydrolysis) is 1. The van der Waals surface area contributed by atoms with Crippen LogP contribution in [0.2, 0.25) is 0 Å². The van der Waals surface area contributed by atoms with E-state index in [9.17, 15) is 47.9 Å². The zero-order chi connectivity index (χ0) is 86.0. The highest BCUT2D eigenvalue weighted by Crippen LogP contribution is 2.56. The van der Waals surface area contributed by atoms with Gasteiger partial charge < -0.3 is 101 Å². The van der Waals surface area contributed by atoms with Crippen LogP contribution < -0.4 is 44.1 Å². The van der Waals surface area contributed by atoms with Crippen molar-refractivity contribution in [1.29, 1.82) is 0 Å². The quantitative estimate of drug-likeness (QED) is 0.0157. The van der Waals surface area contributed by atoms with Crippen LogP contribution in [-0.2, 0) is 100 Å². The molecule has 7 aliphatic rings. The molecular formula is C89H102N6O27. The standard InChI is InChI=1S/C89H102N6O27/c1-8-30-115-87(104)93-49-60-42-58-18-10-11-19-59(58)48-92(60)82(100)66-43-73(106-5)75(45-70(66)93)113-31-16-9-17-32-114-76-46-71-67(44-74(76)107-6)83(101)95-53-89(27-28-89)47-61(95)50-94(71)88(105)117-51-57-24-25-72(121-85-81(120-56(4)98)79(119-55(3)97)78(118-54(2)96)80(122-85)84(102)108-7)69(41-57)91-77(99)26-33-109-35-37-111-39-40-112-38-36-110-34-29-90-86(103)116-52-68-64-22-14-12-20-62(64)63-21-13-15-23-65(63)68/h8,10-15,18-25,41,43-46,60-61,68,78-81,85H,1,9,16-17,26-40,42,47-53H2,2-7H3,(H,90,103)(H,91,99)/t60-,61-,78-,79-,80-,81+,85+/m0/s1. The Morgan fingerprint density at radius 1 is 0.557 bits per heavy atom. The van der Waals surface area contributed by atoms with Crippen LogP contribution in [0.1, 0.15) is 120 Å². The van der Waals surface area contributed by atoms with E-state index in [4.69, 9.17) is 80.5 Å². The third kappa shape index (κ3) is 21.3. The van der Waals surface area contributed by atoms with E-state index in [1.54, 1.807) is 29.2 Å². The van der Waals surface area contributed by atoms with Gasteiger partial charge in [0, 0.05) is 65.0 Å². The van der Waals surface area contributed by atoms with Crippen molar-refractivity contribution in [2.75, 3.05) is 142 Å². The lowest BCUT2D eigenvalue weighted by molar-refractivity contribution is -0.282. The van der Waals surface area contributed by atoms with Gasteiger partial charge in [-0.1, -0.05) is 91.5 Å². The largest absolute Gasteiger partial charge is 0.493 e. The molecule has 0 radical (unpaired) electrons. The SMILES string of the molecule is C=CCOC(=O)N1C[C@@H]2Cc3ccccc3CN2C(=O)c2cc(OC)c(OCCCCCOc3cc4c(cc3OC)C(=O)N3CC5(CC5)C[C@H]3CN4C(=O)OCc3ccc(O[C@@H]4O[C@H](C(=O)OC)[C@@H](OC(C)=O)[C@H](OC(C)=O)[C@H]4OC(C)=O)c(NC(=O)CCOCCOCCOCCOCCNC(=O)OCC4c5ccccc5-c5ccccc54)c3)cc21. The summed E-state index contributed by atoms with van der Waals surface area (Å²) >= 11 is 0. The van der Waals surface area contributed by atoms with Crippen LogP contribution in [0.3, 0.4) is 0 Å². The Labute approximate surface area is 705 Å². The number of hydrogen-bond acceptors (Lipinski definition) is 27. The van der Waals surface area contributed by atoms with Gasteiger partial charge in [0.25, 0.3) is 11.8 Å². The van der Waals surface area contributed by atoms with Crippen LogP contribution in [0, 0.1) is 5.41 Å². The molecule has 2 saturated heterocycles. The lowest BCUT2D eigenvalue weighted by atomic mass is 9.93. The summed E-state index contributed by atoms with van der Waals surface area (Å²) in [6.45, 7) is 9.79. The average molecular weight is 1690 g/mol. The van der Waals surface area contributed by atoms with Crippen molar-refractivity contribution in [3.05, 3.63) is 167 Å². The molecule has 122 heavy (non-hydrogen) atoms. The number of anilines is 3. The van der Waals surface area contributed by atoms with E-state index in [0.29, 0.717) is 67.9 Å². The summed E-state index contributed by atoms with van der Waals surface area (Å²) in [4.78, 5) is 142. The number of methoxy groups -OCH3 is 3. The summed E-state index contributed by atoms with van der Waals surface area (Å²) in [6, 6.07) is 34.2. The van der Waals surface area contributed by atoms with Crippen LogP contribution in [0.15, 0.2) is 128 Å².